The number of carbonyl (C=O) groups excluding carboxylic acids is 1. The van der Waals surface area contributed by atoms with Gasteiger partial charge in [-0.25, -0.2) is 4.79 Å². The molecule has 1 saturated carbocycles. The topological polar surface area (TPSA) is 59.0 Å². The van der Waals surface area contributed by atoms with E-state index < -0.39 is 12.1 Å². The Labute approximate surface area is 186 Å². The molecule has 1 unspecified atom stereocenters. The minimum Gasteiger partial charge on any atom is -0.490 e. The summed E-state index contributed by atoms with van der Waals surface area (Å²) in [5.41, 5.74) is 1.32. The van der Waals surface area contributed by atoms with Crippen molar-refractivity contribution in [2.45, 2.75) is 65.6 Å². The van der Waals surface area contributed by atoms with Crippen LogP contribution in [0, 0.1) is 11.3 Å². The van der Waals surface area contributed by atoms with Crippen molar-refractivity contribution in [1.29, 1.82) is 0 Å². The first-order valence-corrected chi connectivity index (χ1v) is 11.4. The van der Waals surface area contributed by atoms with Gasteiger partial charge in [0.05, 0.1) is 19.3 Å². The average Bonchev–Trinajstić information content (AvgIpc) is 2.73. The molecule has 3 rings (SSSR count). The largest absolute Gasteiger partial charge is 0.490 e. The van der Waals surface area contributed by atoms with Gasteiger partial charge in [-0.2, -0.15) is 0 Å². The fourth-order valence-corrected chi connectivity index (χ4v) is 4.44. The van der Waals surface area contributed by atoms with E-state index in [9.17, 15) is 9.90 Å². The summed E-state index contributed by atoms with van der Waals surface area (Å²) in [6.07, 6.45) is 3.83. The van der Waals surface area contributed by atoms with Crippen LogP contribution in [0.1, 0.15) is 53.4 Å². The molecule has 0 saturated heterocycles. The summed E-state index contributed by atoms with van der Waals surface area (Å²) in [5.74, 6) is 1.11. The zero-order valence-electron chi connectivity index (χ0n) is 19.6. The molecule has 5 nitrogen and oxygen atoms in total. The van der Waals surface area contributed by atoms with E-state index >= 15 is 0 Å². The van der Waals surface area contributed by atoms with Gasteiger partial charge in [0, 0.05) is 12.7 Å². The van der Waals surface area contributed by atoms with Crippen LogP contribution in [0.5, 0.6) is 5.75 Å². The van der Waals surface area contributed by atoms with Crippen molar-refractivity contribution in [3.8, 4) is 5.75 Å². The highest BCUT2D eigenvalue weighted by atomic mass is 16.5. The Bertz CT molecular complexity index is 881. The standard InChI is InChI=1S/C26H37NO4/c1-6-30-25(29)24(28)17-27(5)21-11-7-19-16-23(12-8-18(19)15-21)31-22-13-9-20(10-14-22)26(2,3)4/h7-8,11-12,15-16,20,22,24,28H,6,9-10,13-14,17H2,1-5H3/t20-,22-,24?. The number of rotatable bonds is 7. The molecule has 1 aliphatic rings. The zero-order valence-corrected chi connectivity index (χ0v) is 19.6. The molecule has 2 aromatic rings. The maximum atomic E-state index is 11.7. The number of benzene rings is 2. The van der Waals surface area contributed by atoms with Crippen molar-refractivity contribution in [3.05, 3.63) is 36.4 Å². The van der Waals surface area contributed by atoms with Gasteiger partial charge >= 0.3 is 5.97 Å². The molecule has 0 spiro atoms. The molecule has 0 aliphatic heterocycles. The van der Waals surface area contributed by atoms with E-state index in [1.54, 1.807) is 6.92 Å². The van der Waals surface area contributed by atoms with Gasteiger partial charge in [0.15, 0.2) is 6.10 Å². The molecule has 0 amide bonds. The maximum absolute atomic E-state index is 11.7. The Hall–Kier alpha value is -2.27. The molecule has 1 fully saturated rings. The molecule has 1 N–H and O–H groups in total. The van der Waals surface area contributed by atoms with E-state index in [1.165, 1.54) is 12.8 Å². The predicted octanol–water partition coefficient (Wildman–Crippen LogP) is 5.18. The van der Waals surface area contributed by atoms with Crippen molar-refractivity contribution in [2.75, 3.05) is 25.1 Å². The SMILES string of the molecule is CCOC(=O)C(O)CN(C)c1ccc2cc(O[C@H]3CC[C@H](C(C)(C)C)CC3)ccc2c1. The summed E-state index contributed by atoms with van der Waals surface area (Å²) in [6, 6.07) is 12.3. The molecule has 0 heterocycles. The van der Waals surface area contributed by atoms with E-state index in [4.69, 9.17) is 9.47 Å². The highest BCUT2D eigenvalue weighted by molar-refractivity contribution is 5.87. The number of carbonyl (C=O) groups is 1. The number of nitrogens with zero attached hydrogens (tertiary/aromatic N) is 1. The van der Waals surface area contributed by atoms with E-state index in [0.29, 0.717) is 11.5 Å². The van der Waals surface area contributed by atoms with Crippen LogP contribution in [0.25, 0.3) is 10.8 Å². The average molecular weight is 428 g/mol. The first-order chi connectivity index (χ1) is 14.7. The van der Waals surface area contributed by atoms with Gasteiger partial charge in [0.2, 0.25) is 0 Å². The lowest BCUT2D eigenvalue weighted by Crippen LogP contribution is -2.35. The van der Waals surface area contributed by atoms with Gasteiger partial charge in [-0.15, -0.1) is 0 Å². The molecule has 2 aromatic carbocycles. The summed E-state index contributed by atoms with van der Waals surface area (Å²) in [6.45, 7) is 9.19. The molecular formula is C26H37NO4. The van der Waals surface area contributed by atoms with Gasteiger partial charge in [0.1, 0.15) is 5.75 Å². The number of likely N-dealkylation sites (N-methyl/N-ethyl adjacent to an activating group) is 1. The van der Waals surface area contributed by atoms with Crippen LogP contribution in [0.15, 0.2) is 36.4 Å². The number of fused-ring (bicyclic) bond motifs is 1. The Balaban J connectivity index is 1.62. The van der Waals surface area contributed by atoms with Crippen LogP contribution in [-0.4, -0.2) is 43.5 Å². The third-order valence-corrected chi connectivity index (χ3v) is 6.44. The van der Waals surface area contributed by atoms with Crippen molar-refractivity contribution in [2.24, 2.45) is 11.3 Å². The Kier molecular flexibility index (Phi) is 7.47. The lowest BCUT2D eigenvalue weighted by molar-refractivity contribution is -0.152. The molecule has 0 bridgehead atoms. The number of ether oxygens (including phenoxy) is 2. The van der Waals surface area contributed by atoms with E-state index in [0.717, 1.165) is 41.0 Å². The van der Waals surface area contributed by atoms with Crippen molar-refractivity contribution in [3.63, 3.8) is 0 Å². The monoisotopic (exact) mass is 427 g/mol. The summed E-state index contributed by atoms with van der Waals surface area (Å²) >= 11 is 0. The third kappa shape index (κ3) is 6.13. The van der Waals surface area contributed by atoms with Crippen LogP contribution < -0.4 is 9.64 Å². The molecule has 170 valence electrons. The van der Waals surface area contributed by atoms with Crippen LogP contribution >= 0.6 is 0 Å². The van der Waals surface area contributed by atoms with Gasteiger partial charge in [0.25, 0.3) is 0 Å². The lowest BCUT2D eigenvalue weighted by Gasteiger charge is -2.37. The summed E-state index contributed by atoms with van der Waals surface area (Å²) in [7, 11) is 1.86. The Morgan fingerprint density at radius 3 is 2.39 bits per heavy atom. The normalized spacial score (nSPS) is 20.3. The van der Waals surface area contributed by atoms with Crippen LogP contribution in [0.2, 0.25) is 0 Å². The number of esters is 1. The highest BCUT2D eigenvalue weighted by Gasteiger charge is 2.30. The van der Waals surface area contributed by atoms with Crippen molar-refractivity contribution in [1.82, 2.24) is 0 Å². The van der Waals surface area contributed by atoms with Gasteiger partial charge in [-0.05, 0) is 79.0 Å². The number of hydrogen-bond acceptors (Lipinski definition) is 5. The second kappa shape index (κ2) is 9.90. The Morgan fingerprint density at radius 2 is 1.74 bits per heavy atom. The van der Waals surface area contributed by atoms with Crippen LogP contribution in [0.4, 0.5) is 5.69 Å². The highest BCUT2D eigenvalue weighted by Crippen LogP contribution is 2.39. The third-order valence-electron chi connectivity index (χ3n) is 6.44. The summed E-state index contributed by atoms with van der Waals surface area (Å²) < 4.78 is 11.2. The van der Waals surface area contributed by atoms with Crippen molar-refractivity contribution < 1.29 is 19.4 Å². The summed E-state index contributed by atoms with van der Waals surface area (Å²) in [5, 5.41) is 12.2. The van der Waals surface area contributed by atoms with E-state index in [-0.39, 0.29) is 13.2 Å². The predicted molar refractivity (Wildman–Crippen MR) is 126 cm³/mol. The first kappa shape index (κ1) is 23.4. The Morgan fingerprint density at radius 1 is 1.10 bits per heavy atom. The maximum Gasteiger partial charge on any atom is 0.336 e. The lowest BCUT2D eigenvalue weighted by atomic mass is 9.72. The number of aliphatic hydroxyl groups is 1. The number of aliphatic hydroxyl groups excluding tert-OH is 1. The minimum atomic E-state index is -1.16. The van der Waals surface area contributed by atoms with E-state index in [1.807, 2.05) is 24.1 Å². The zero-order chi connectivity index (χ0) is 22.6. The quantitative estimate of drug-likeness (QED) is 0.617. The minimum absolute atomic E-state index is 0.183. The molecule has 1 atom stereocenters. The first-order valence-electron chi connectivity index (χ1n) is 11.4. The fraction of sp³-hybridized carbons (Fsp3) is 0.577. The fourth-order valence-electron chi connectivity index (χ4n) is 4.44. The molecule has 0 radical (unpaired) electrons. The second-order valence-electron chi connectivity index (χ2n) is 9.80. The molecular weight excluding hydrogens is 390 g/mol. The second-order valence-corrected chi connectivity index (χ2v) is 9.80. The number of hydrogen-bond donors (Lipinski definition) is 1. The van der Waals surface area contributed by atoms with Gasteiger partial charge in [-0.3, -0.25) is 0 Å². The molecule has 31 heavy (non-hydrogen) atoms. The molecule has 0 aromatic heterocycles. The van der Waals surface area contributed by atoms with E-state index in [2.05, 4.69) is 45.0 Å². The smallest absolute Gasteiger partial charge is 0.336 e. The van der Waals surface area contributed by atoms with Gasteiger partial charge < -0.3 is 19.5 Å². The molecule has 1 aliphatic carbocycles. The number of anilines is 1. The summed E-state index contributed by atoms with van der Waals surface area (Å²) in [4.78, 5) is 13.5. The van der Waals surface area contributed by atoms with Crippen molar-refractivity contribution >= 4 is 22.4 Å². The van der Waals surface area contributed by atoms with Gasteiger partial charge in [-0.1, -0.05) is 32.9 Å². The molecule has 5 heteroatoms. The van der Waals surface area contributed by atoms with Crippen LogP contribution in [-0.2, 0) is 9.53 Å². The van der Waals surface area contributed by atoms with Crippen LogP contribution in [0.3, 0.4) is 0 Å².